The first kappa shape index (κ1) is 7.30. The zero-order valence-corrected chi connectivity index (χ0v) is 8.88. The minimum absolute atomic E-state index is 1.02. The summed E-state index contributed by atoms with van der Waals surface area (Å²) in [5.74, 6) is 1.02. The highest BCUT2D eigenvalue weighted by Crippen LogP contribution is 2.50. The molecule has 3 heteroatoms. The van der Waals surface area contributed by atoms with Gasteiger partial charge in [0.15, 0.2) is 0 Å². The largest absolute Gasteiger partial charge is 0.102 e. The third-order valence-electron chi connectivity index (χ3n) is 2.25. The second-order valence-corrected chi connectivity index (χ2v) is 8.48. The Morgan fingerprint density at radius 3 is 2.70 bits per heavy atom. The second kappa shape index (κ2) is 2.94. The van der Waals surface area contributed by atoms with Crippen LogP contribution in [-0.4, -0.2) is 0 Å². The molecule has 54 valence electrons. The highest BCUT2D eigenvalue weighted by Gasteiger charge is 2.21. The van der Waals surface area contributed by atoms with Crippen molar-refractivity contribution in [1.82, 2.24) is 0 Å². The molecule has 0 radical (unpaired) electrons. The van der Waals surface area contributed by atoms with Crippen molar-refractivity contribution in [3.63, 3.8) is 0 Å². The van der Waals surface area contributed by atoms with Crippen molar-refractivity contribution < 1.29 is 0 Å². The number of hydrogen-bond donors (Lipinski definition) is 0. The van der Waals surface area contributed by atoms with Crippen LogP contribution in [0.4, 0.5) is 0 Å². The molecule has 1 atom stereocenters. The quantitative estimate of drug-likeness (QED) is 0.610. The van der Waals surface area contributed by atoms with Crippen molar-refractivity contribution in [2.24, 2.45) is 0 Å². The van der Waals surface area contributed by atoms with Crippen molar-refractivity contribution in [1.29, 1.82) is 0 Å². The lowest BCUT2D eigenvalue weighted by molar-refractivity contribution is 0.425. The van der Waals surface area contributed by atoms with Gasteiger partial charge in [-0.15, -0.1) is 7.87 Å². The van der Waals surface area contributed by atoms with E-state index in [0.717, 1.165) is 13.8 Å². The van der Waals surface area contributed by atoms with Crippen LogP contribution in [0.1, 0.15) is 35.8 Å². The van der Waals surface area contributed by atoms with Crippen LogP contribution in [-0.2, 0) is 0 Å². The Kier molecular flexibility index (Phi) is 2.15. The molecule has 0 aliphatic heterocycles. The Labute approximate surface area is 66.5 Å². The van der Waals surface area contributed by atoms with E-state index in [9.17, 15) is 0 Å². The molecular weight excluding hydrogens is 177 g/mol. The predicted molar refractivity (Wildman–Crippen MR) is 52.3 cm³/mol. The number of aryl methyl sites for hydroxylation is 1. The van der Waals surface area contributed by atoms with Gasteiger partial charge in [-0.05, 0) is 51.7 Å². The van der Waals surface area contributed by atoms with Gasteiger partial charge in [0.2, 0.25) is 0 Å². The first-order chi connectivity index (χ1) is 4.88. The van der Waals surface area contributed by atoms with E-state index >= 15 is 0 Å². The summed E-state index contributed by atoms with van der Waals surface area (Å²) in [6.07, 6.45) is 4.45. The van der Waals surface area contributed by atoms with Gasteiger partial charge in [-0.25, -0.2) is 0 Å². The molecule has 0 spiro atoms. The zero-order valence-electron chi connectivity index (χ0n) is 6.09. The number of hydrogen-bond acceptors (Lipinski definition) is 0. The van der Waals surface area contributed by atoms with E-state index in [0.29, 0.717) is 0 Å². The molecule has 1 fully saturated rings. The standard InChI is InChI=1S/C7H11P3/c1-5-7(9-10-8-5)6-3-2-4-6/h6,8H,2-4H2,1H3. The molecule has 1 aromatic rings. The summed E-state index contributed by atoms with van der Waals surface area (Å²) < 4.78 is 0. The van der Waals surface area contributed by atoms with Gasteiger partial charge in [-0.1, -0.05) is 6.42 Å². The Bertz CT molecular complexity index is 225. The van der Waals surface area contributed by atoms with Crippen LogP contribution < -0.4 is 0 Å². The molecule has 1 heterocycles. The normalized spacial score (nSPS) is 21.3. The summed E-state index contributed by atoms with van der Waals surface area (Å²) >= 11 is 0. The molecule has 0 saturated heterocycles. The molecule has 0 aromatic carbocycles. The number of rotatable bonds is 1. The van der Waals surface area contributed by atoms with Crippen molar-refractivity contribution in [2.45, 2.75) is 32.1 Å². The highest BCUT2D eigenvalue weighted by atomic mass is 32.1. The highest BCUT2D eigenvalue weighted by molar-refractivity contribution is 8.17. The Morgan fingerprint density at radius 1 is 1.50 bits per heavy atom. The maximum absolute atomic E-state index is 2.33. The molecule has 0 bridgehead atoms. The van der Waals surface area contributed by atoms with Gasteiger partial charge in [0.05, 0.1) is 0 Å². The molecule has 1 unspecified atom stereocenters. The maximum atomic E-state index is 2.33. The van der Waals surface area contributed by atoms with E-state index in [2.05, 4.69) is 6.92 Å². The average molecular weight is 188 g/mol. The summed E-state index contributed by atoms with van der Waals surface area (Å²) in [6, 6.07) is 0. The van der Waals surface area contributed by atoms with Gasteiger partial charge in [-0.3, -0.25) is 0 Å². The summed E-state index contributed by atoms with van der Waals surface area (Å²) in [6.45, 7) is 2.33. The van der Waals surface area contributed by atoms with Crippen molar-refractivity contribution in [2.75, 3.05) is 0 Å². The fourth-order valence-corrected chi connectivity index (χ4v) is 8.43. The molecule has 0 nitrogen and oxygen atoms in total. The fraction of sp³-hybridized carbons (Fsp3) is 0.714. The van der Waals surface area contributed by atoms with E-state index in [4.69, 9.17) is 0 Å². The minimum atomic E-state index is 1.02. The van der Waals surface area contributed by atoms with Crippen LogP contribution in [0, 0.1) is 6.92 Å². The van der Waals surface area contributed by atoms with Crippen LogP contribution >= 0.6 is 23.3 Å². The smallest absolute Gasteiger partial charge is 0.00573 e. The lowest BCUT2D eigenvalue weighted by Gasteiger charge is -2.24. The van der Waals surface area contributed by atoms with Crippen LogP contribution in [0.2, 0.25) is 0 Å². The van der Waals surface area contributed by atoms with Gasteiger partial charge in [0, 0.05) is 0 Å². The van der Waals surface area contributed by atoms with Crippen LogP contribution in [0.5, 0.6) is 0 Å². The SMILES string of the molecule is Cc1[pH]ppc1C1CCC1. The molecule has 0 amide bonds. The van der Waals surface area contributed by atoms with Gasteiger partial charge in [0.25, 0.3) is 0 Å². The van der Waals surface area contributed by atoms with E-state index in [1.165, 1.54) is 19.3 Å². The first-order valence-electron chi connectivity index (χ1n) is 3.75. The topological polar surface area (TPSA) is 0 Å². The van der Waals surface area contributed by atoms with E-state index < -0.39 is 0 Å². The van der Waals surface area contributed by atoms with Crippen molar-refractivity contribution in [3.8, 4) is 0 Å². The lowest BCUT2D eigenvalue weighted by atomic mass is 9.84. The van der Waals surface area contributed by atoms with Crippen molar-refractivity contribution in [3.05, 3.63) is 10.6 Å². The summed E-state index contributed by atoms with van der Waals surface area (Å²) in [4.78, 5) is 0. The molecular formula is C7H11P3. The Hall–Kier alpha value is 0.640. The van der Waals surface area contributed by atoms with E-state index in [-0.39, 0.29) is 0 Å². The molecule has 1 saturated carbocycles. The molecule has 1 aliphatic rings. The molecule has 1 aliphatic carbocycles. The van der Waals surface area contributed by atoms with Crippen LogP contribution in [0.15, 0.2) is 0 Å². The monoisotopic (exact) mass is 188 g/mol. The lowest BCUT2D eigenvalue weighted by Crippen LogP contribution is -2.07. The van der Waals surface area contributed by atoms with Gasteiger partial charge in [0.1, 0.15) is 0 Å². The van der Waals surface area contributed by atoms with Crippen LogP contribution in [0.25, 0.3) is 0 Å². The Morgan fingerprint density at radius 2 is 2.30 bits per heavy atom. The third-order valence-corrected chi connectivity index (χ3v) is 8.24. The van der Waals surface area contributed by atoms with Crippen LogP contribution in [0.3, 0.4) is 0 Å². The second-order valence-electron chi connectivity index (χ2n) is 2.95. The molecule has 10 heavy (non-hydrogen) atoms. The summed E-state index contributed by atoms with van der Waals surface area (Å²) in [5, 5.41) is 3.54. The van der Waals surface area contributed by atoms with Gasteiger partial charge < -0.3 is 0 Å². The van der Waals surface area contributed by atoms with Crippen molar-refractivity contribution >= 4 is 23.3 Å². The van der Waals surface area contributed by atoms with E-state index in [1.54, 1.807) is 20.7 Å². The zero-order chi connectivity index (χ0) is 6.97. The van der Waals surface area contributed by atoms with Gasteiger partial charge in [-0.2, -0.15) is 0 Å². The van der Waals surface area contributed by atoms with Gasteiger partial charge >= 0.3 is 0 Å². The minimum Gasteiger partial charge on any atom is -0.102 e. The Balaban J connectivity index is 2.23. The molecule has 0 N–H and O–H groups in total. The first-order valence-corrected chi connectivity index (χ1v) is 8.09. The fourth-order valence-electron chi connectivity index (χ4n) is 1.36. The summed E-state index contributed by atoms with van der Waals surface area (Å²) in [5.41, 5.74) is 0. The van der Waals surface area contributed by atoms with E-state index in [1.807, 2.05) is 5.30 Å². The molecule has 2 rings (SSSR count). The third kappa shape index (κ3) is 1.18. The summed E-state index contributed by atoms with van der Waals surface area (Å²) in [7, 11) is 4.43. The molecule has 1 aromatic heterocycles. The maximum Gasteiger partial charge on any atom is -0.00573 e. The average Bonchev–Trinajstić information content (AvgIpc) is 2.12. The predicted octanol–water partition coefficient (Wildman–Crippen LogP) is 4.45.